The number of halogens is 1. The lowest BCUT2D eigenvalue weighted by Gasteiger charge is -2.34. The number of rotatable bonds is 7. The monoisotopic (exact) mass is 450 g/mol. The highest BCUT2D eigenvalue weighted by Gasteiger charge is 2.22. The third kappa shape index (κ3) is 6.11. The maximum atomic E-state index is 7.53. The SMILES string of the molecule is COc1ccc(Br)c(CC2CCN(CCCC3CCN(C(=N)N)CC3)CC2)c1. The predicted molar refractivity (Wildman–Crippen MR) is 119 cm³/mol. The highest BCUT2D eigenvalue weighted by molar-refractivity contribution is 9.10. The van der Waals surface area contributed by atoms with Crippen molar-refractivity contribution in [2.24, 2.45) is 17.6 Å². The Bertz CT molecular complexity index is 637. The van der Waals surface area contributed by atoms with Gasteiger partial charge in [-0.3, -0.25) is 5.41 Å². The maximum Gasteiger partial charge on any atom is 0.188 e. The fraction of sp³-hybridized carbons (Fsp3) is 0.682. The number of nitrogens with one attached hydrogen (secondary N) is 1. The van der Waals surface area contributed by atoms with Gasteiger partial charge in [0.05, 0.1) is 7.11 Å². The predicted octanol–water partition coefficient (Wildman–Crippen LogP) is 4.10. The summed E-state index contributed by atoms with van der Waals surface area (Å²) < 4.78 is 6.58. The average Bonchev–Trinajstić information content (AvgIpc) is 2.71. The number of guanidine groups is 1. The number of likely N-dealkylation sites (tertiary alicyclic amines) is 2. The Morgan fingerprint density at radius 2 is 1.82 bits per heavy atom. The van der Waals surface area contributed by atoms with Crippen LogP contribution in [-0.4, -0.2) is 55.6 Å². The molecule has 3 N–H and O–H groups in total. The first-order valence-corrected chi connectivity index (χ1v) is 11.5. The van der Waals surface area contributed by atoms with Gasteiger partial charge in [0, 0.05) is 17.6 Å². The van der Waals surface area contributed by atoms with E-state index in [1.54, 1.807) is 7.11 Å². The number of benzene rings is 1. The Kier molecular flexibility index (Phi) is 8.03. The van der Waals surface area contributed by atoms with Crippen LogP contribution in [0, 0.1) is 17.2 Å². The second-order valence-corrected chi connectivity index (χ2v) is 9.26. The number of ether oxygens (including phenoxy) is 1. The minimum atomic E-state index is 0.238. The molecule has 5 nitrogen and oxygen atoms in total. The Balaban J connectivity index is 1.33. The molecule has 2 heterocycles. The molecule has 0 unspecified atom stereocenters. The number of hydrogen-bond acceptors (Lipinski definition) is 3. The summed E-state index contributed by atoms with van der Waals surface area (Å²) in [5, 5.41) is 7.53. The quantitative estimate of drug-likeness (QED) is 0.484. The minimum Gasteiger partial charge on any atom is -0.497 e. The van der Waals surface area contributed by atoms with E-state index in [9.17, 15) is 0 Å². The van der Waals surface area contributed by atoms with Gasteiger partial charge in [0.1, 0.15) is 5.75 Å². The number of nitrogens with zero attached hydrogens (tertiary/aromatic N) is 2. The van der Waals surface area contributed by atoms with Gasteiger partial charge in [0.15, 0.2) is 5.96 Å². The molecular weight excluding hydrogens is 416 g/mol. The third-order valence-corrected chi connectivity index (χ3v) is 7.28. The zero-order valence-electron chi connectivity index (χ0n) is 17.1. The summed E-state index contributed by atoms with van der Waals surface area (Å²) >= 11 is 3.69. The first-order valence-electron chi connectivity index (χ1n) is 10.7. The highest BCUT2D eigenvalue weighted by Crippen LogP contribution is 2.29. The molecule has 2 aliphatic heterocycles. The summed E-state index contributed by atoms with van der Waals surface area (Å²) in [6.07, 6.45) is 8.73. The molecular formula is C22H35BrN4O. The number of piperidine rings is 2. The molecule has 0 radical (unpaired) electrons. The molecule has 0 bridgehead atoms. The van der Waals surface area contributed by atoms with Crippen LogP contribution in [0.5, 0.6) is 5.75 Å². The molecule has 1 aromatic rings. The largest absolute Gasteiger partial charge is 0.497 e. The van der Waals surface area contributed by atoms with E-state index in [4.69, 9.17) is 15.9 Å². The van der Waals surface area contributed by atoms with Crippen molar-refractivity contribution in [2.75, 3.05) is 39.8 Å². The minimum absolute atomic E-state index is 0.238. The summed E-state index contributed by atoms with van der Waals surface area (Å²) in [6, 6.07) is 6.29. The van der Waals surface area contributed by atoms with Gasteiger partial charge in [-0.2, -0.15) is 0 Å². The molecule has 0 aromatic heterocycles. The van der Waals surface area contributed by atoms with E-state index in [0.717, 1.165) is 37.1 Å². The first kappa shape index (κ1) is 21.4. The van der Waals surface area contributed by atoms with Crippen LogP contribution in [0.15, 0.2) is 22.7 Å². The van der Waals surface area contributed by atoms with Gasteiger partial charge in [-0.1, -0.05) is 15.9 Å². The van der Waals surface area contributed by atoms with Gasteiger partial charge < -0.3 is 20.3 Å². The van der Waals surface area contributed by atoms with Gasteiger partial charge in [-0.15, -0.1) is 0 Å². The summed E-state index contributed by atoms with van der Waals surface area (Å²) in [6.45, 7) is 5.63. The molecule has 2 aliphatic rings. The molecule has 3 rings (SSSR count). The molecule has 156 valence electrons. The van der Waals surface area contributed by atoms with E-state index in [2.05, 4.69) is 33.0 Å². The second-order valence-electron chi connectivity index (χ2n) is 8.40. The van der Waals surface area contributed by atoms with Crippen LogP contribution in [0.2, 0.25) is 0 Å². The Morgan fingerprint density at radius 1 is 1.14 bits per heavy atom. The Morgan fingerprint density at radius 3 is 2.46 bits per heavy atom. The normalized spacial score (nSPS) is 19.7. The zero-order chi connectivity index (χ0) is 19.9. The zero-order valence-corrected chi connectivity index (χ0v) is 18.7. The van der Waals surface area contributed by atoms with E-state index in [1.807, 2.05) is 11.0 Å². The molecule has 0 atom stereocenters. The van der Waals surface area contributed by atoms with Crippen LogP contribution >= 0.6 is 15.9 Å². The third-order valence-electron chi connectivity index (χ3n) is 6.51. The van der Waals surface area contributed by atoms with Crippen LogP contribution in [0.3, 0.4) is 0 Å². The summed E-state index contributed by atoms with van der Waals surface area (Å²) in [5.41, 5.74) is 6.96. The lowest BCUT2D eigenvalue weighted by atomic mass is 9.89. The van der Waals surface area contributed by atoms with Crippen molar-refractivity contribution in [1.82, 2.24) is 9.80 Å². The topological polar surface area (TPSA) is 65.6 Å². The molecule has 6 heteroatoms. The molecule has 2 saturated heterocycles. The van der Waals surface area contributed by atoms with Crippen molar-refractivity contribution in [1.29, 1.82) is 5.41 Å². The molecule has 0 amide bonds. The van der Waals surface area contributed by atoms with Crippen molar-refractivity contribution in [3.8, 4) is 5.75 Å². The van der Waals surface area contributed by atoms with Crippen molar-refractivity contribution < 1.29 is 4.74 Å². The molecule has 28 heavy (non-hydrogen) atoms. The Hall–Kier alpha value is -1.27. The van der Waals surface area contributed by atoms with Crippen LogP contribution in [0.25, 0.3) is 0 Å². The van der Waals surface area contributed by atoms with Crippen LogP contribution in [0.4, 0.5) is 0 Å². The van der Waals surface area contributed by atoms with Crippen LogP contribution < -0.4 is 10.5 Å². The van der Waals surface area contributed by atoms with Gasteiger partial charge in [-0.25, -0.2) is 0 Å². The summed E-state index contributed by atoms with van der Waals surface area (Å²) in [4.78, 5) is 4.66. The van der Waals surface area contributed by atoms with E-state index in [0.29, 0.717) is 0 Å². The van der Waals surface area contributed by atoms with E-state index in [1.165, 1.54) is 68.2 Å². The Labute approximate surface area is 178 Å². The molecule has 0 spiro atoms. The highest BCUT2D eigenvalue weighted by atomic mass is 79.9. The van der Waals surface area contributed by atoms with Crippen molar-refractivity contribution in [3.05, 3.63) is 28.2 Å². The molecule has 0 saturated carbocycles. The maximum absolute atomic E-state index is 7.53. The molecule has 2 fully saturated rings. The van der Waals surface area contributed by atoms with Crippen molar-refractivity contribution in [2.45, 2.75) is 44.9 Å². The van der Waals surface area contributed by atoms with Crippen molar-refractivity contribution in [3.63, 3.8) is 0 Å². The molecule has 0 aliphatic carbocycles. The number of methoxy groups -OCH3 is 1. The van der Waals surface area contributed by atoms with E-state index >= 15 is 0 Å². The van der Waals surface area contributed by atoms with Crippen molar-refractivity contribution >= 4 is 21.9 Å². The van der Waals surface area contributed by atoms with E-state index in [-0.39, 0.29) is 5.96 Å². The second kappa shape index (κ2) is 10.5. The number of nitrogens with two attached hydrogens (primary N) is 1. The standard InChI is InChI=1S/C22H35BrN4O/c1-28-20-4-5-21(23)19(16-20)15-18-6-11-26(12-7-18)10-2-3-17-8-13-27(14-9-17)22(24)25/h4-5,16-18H,2-3,6-15H2,1H3,(H3,24,25). The van der Waals surface area contributed by atoms with Crippen LogP contribution in [-0.2, 0) is 6.42 Å². The lowest BCUT2D eigenvalue weighted by molar-refractivity contribution is 0.172. The average molecular weight is 451 g/mol. The molecule has 1 aromatic carbocycles. The van der Waals surface area contributed by atoms with Gasteiger partial charge >= 0.3 is 0 Å². The lowest BCUT2D eigenvalue weighted by Crippen LogP contribution is -2.42. The van der Waals surface area contributed by atoms with Crippen LogP contribution in [0.1, 0.15) is 44.1 Å². The fourth-order valence-electron chi connectivity index (χ4n) is 4.63. The van der Waals surface area contributed by atoms with E-state index < -0.39 is 0 Å². The van der Waals surface area contributed by atoms with Gasteiger partial charge in [-0.05, 0) is 100 Å². The summed E-state index contributed by atoms with van der Waals surface area (Å²) in [5.74, 6) is 2.78. The number of hydrogen-bond donors (Lipinski definition) is 2. The fourth-order valence-corrected chi connectivity index (χ4v) is 5.03. The first-order chi connectivity index (χ1) is 13.5. The smallest absolute Gasteiger partial charge is 0.188 e. The van der Waals surface area contributed by atoms with Gasteiger partial charge in [0.2, 0.25) is 0 Å². The van der Waals surface area contributed by atoms with Gasteiger partial charge in [0.25, 0.3) is 0 Å². The summed E-state index contributed by atoms with van der Waals surface area (Å²) in [7, 11) is 1.73.